The number of ketones is 2. The molecule has 0 aliphatic rings. The van der Waals surface area contributed by atoms with E-state index < -0.39 is 0 Å². The first-order chi connectivity index (χ1) is 13.6. The van der Waals surface area contributed by atoms with Crippen molar-refractivity contribution >= 4 is 22.5 Å². The third kappa shape index (κ3) is 3.45. The Hall–Kier alpha value is -3.66. The van der Waals surface area contributed by atoms with E-state index in [-0.39, 0.29) is 23.9 Å². The van der Waals surface area contributed by atoms with Crippen molar-refractivity contribution in [2.24, 2.45) is 0 Å². The van der Waals surface area contributed by atoms with E-state index in [4.69, 9.17) is 9.15 Å². The molecule has 0 bridgehead atoms. The molecule has 0 spiro atoms. The summed E-state index contributed by atoms with van der Waals surface area (Å²) in [7, 11) is 0. The number of carbonyl (C=O) groups excluding carboxylic acids is 2. The first-order valence-electron chi connectivity index (χ1n) is 8.97. The second-order valence-corrected chi connectivity index (χ2v) is 6.53. The Morgan fingerprint density at radius 2 is 1.50 bits per heavy atom. The van der Waals surface area contributed by atoms with Crippen molar-refractivity contribution in [3.8, 4) is 5.75 Å². The fraction of sp³-hybridized carbons (Fsp3) is 0.0833. The van der Waals surface area contributed by atoms with Crippen LogP contribution in [0.5, 0.6) is 5.75 Å². The maximum absolute atomic E-state index is 12.9. The Kier molecular flexibility index (Phi) is 4.77. The number of aryl methyl sites for hydroxylation is 1. The smallest absolute Gasteiger partial charge is 0.232 e. The molecular formula is C24H18O4. The number of benzene rings is 3. The van der Waals surface area contributed by atoms with Crippen molar-refractivity contribution in [2.45, 2.75) is 6.92 Å². The predicted molar refractivity (Wildman–Crippen MR) is 107 cm³/mol. The van der Waals surface area contributed by atoms with E-state index in [9.17, 15) is 9.59 Å². The van der Waals surface area contributed by atoms with Crippen LogP contribution in [0.2, 0.25) is 0 Å². The molecule has 4 nitrogen and oxygen atoms in total. The number of ether oxygens (including phenoxy) is 1. The summed E-state index contributed by atoms with van der Waals surface area (Å²) in [5.41, 5.74) is 2.68. The fourth-order valence-corrected chi connectivity index (χ4v) is 3.00. The molecule has 0 saturated heterocycles. The van der Waals surface area contributed by atoms with Crippen molar-refractivity contribution in [1.29, 1.82) is 0 Å². The molecular weight excluding hydrogens is 352 g/mol. The highest BCUT2D eigenvalue weighted by Crippen LogP contribution is 2.34. The molecule has 0 unspecified atom stereocenters. The topological polar surface area (TPSA) is 56.5 Å². The summed E-state index contributed by atoms with van der Waals surface area (Å²) in [5, 5.41) is 0.665. The fourth-order valence-electron chi connectivity index (χ4n) is 3.00. The summed E-state index contributed by atoms with van der Waals surface area (Å²) in [4.78, 5) is 25.4. The maximum atomic E-state index is 12.9. The van der Waals surface area contributed by atoms with Gasteiger partial charge in [0.05, 0.1) is 5.39 Å². The minimum Gasteiger partial charge on any atom is -0.481 e. The zero-order chi connectivity index (χ0) is 19.5. The molecule has 28 heavy (non-hydrogen) atoms. The number of hydrogen-bond acceptors (Lipinski definition) is 4. The van der Waals surface area contributed by atoms with Gasteiger partial charge in [-0.25, -0.2) is 0 Å². The number of hydrogen-bond donors (Lipinski definition) is 0. The molecule has 1 heterocycles. The number of carbonyl (C=O) groups is 2. The molecule has 0 aliphatic heterocycles. The molecule has 0 N–H and O–H groups in total. The van der Waals surface area contributed by atoms with Gasteiger partial charge in [0, 0.05) is 11.1 Å². The zero-order valence-electron chi connectivity index (χ0n) is 15.3. The van der Waals surface area contributed by atoms with Crippen molar-refractivity contribution in [3.63, 3.8) is 0 Å². The summed E-state index contributed by atoms with van der Waals surface area (Å²) in [5.74, 6) is -0.0491. The van der Waals surface area contributed by atoms with Crippen molar-refractivity contribution in [3.05, 3.63) is 101 Å². The van der Waals surface area contributed by atoms with Gasteiger partial charge in [0.15, 0.2) is 18.1 Å². The molecule has 1 aromatic heterocycles. The van der Waals surface area contributed by atoms with E-state index in [1.54, 1.807) is 42.5 Å². The Morgan fingerprint density at radius 1 is 0.821 bits per heavy atom. The van der Waals surface area contributed by atoms with Crippen LogP contribution in [-0.4, -0.2) is 18.2 Å². The number of para-hydroxylation sites is 1. The Morgan fingerprint density at radius 3 is 2.25 bits per heavy atom. The highest BCUT2D eigenvalue weighted by molar-refractivity contribution is 6.12. The second-order valence-electron chi connectivity index (χ2n) is 6.53. The summed E-state index contributed by atoms with van der Waals surface area (Å²) < 4.78 is 11.6. The maximum Gasteiger partial charge on any atom is 0.232 e. The lowest BCUT2D eigenvalue weighted by Gasteiger charge is -2.07. The molecule has 4 aromatic rings. The van der Waals surface area contributed by atoms with Gasteiger partial charge in [0.1, 0.15) is 5.58 Å². The Labute approximate surface area is 162 Å². The standard InChI is InChI=1S/C24H18O4/c1-16-11-13-17(14-12-16)20(25)15-27-23-19-9-5-6-10-21(19)28-24(23)22(26)18-7-3-2-4-8-18/h2-14H,15H2,1H3. The van der Waals surface area contributed by atoms with Crippen LogP contribution >= 0.6 is 0 Å². The zero-order valence-corrected chi connectivity index (χ0v) is 15.3. The van der Waals surface area contributed by atoms with E-state index >= 15 is 0 Å². The number of fused-ring (bicyclic) bond motifs is 1. The Balaban J connectivity index is 1.66. The van der Waals surface area contributed by atoms with Crippen LogP contribution in [0.3, 0.4) is 0 Å². The molecule has 0 fully saturated rings. The van der Waals surface area contributed by atoms with Crippen LogP contribution in [-0.2, 0) is 0 Å². The molecule has 138 valence electrons. The molecule has 0 amide bonds. The third-order valence-corrected chi connectivity index (χ3v) is 4.51. The van der Waals surface area contributed by atoms with Crippen LogP contribution in [0, 0.1) is 6.92 Å². The van der Waals surface area contributed by atoms with Crippen LogP contribution in [0.25, 0.3) is 11.0 Å². The predicted octanol–water partition coefficient (Wildman–Crippen LogP) is 5.23. The van der Waals surface area contributed by atoms with Gasteiger partial charge in [0.25, 0.3) is 0 Å². The molecule has 0 atom stereocenters. The number of Topliss-reactive ketones (excluding diaryl/α,β-unsaturated/α-hetero) is 1. The molecule has 0 aliphatic carbocycles. The van der Waals surface area contributed by atoms with Crippen LogP contribution in [0.4, 0.5) is 0 Å². The molecule has 0 saturated carbocycles. The average Bonchev–Trinajstić information content (AvgIpc) is 3.11. The molecule has 3 aromatic carbocycles. The van der Waals surface area contributed by atoms with Gasteiger partial charge in [-0.1, -0.05) is 72.3 Å². The quantitative estimate of drug-likeness (QED) is 0.436. The number of furan rings is 1. The van der Waals surface area contributed by atoms with E-state index in [0.717, 1.165) is 5.56 Å². The first-order valence-corrected chi connectivity index (χ1v) is 8.97. The monoisotopic (exact) mass is 370 g/mol. The molecule has 4 rings (SSSR count). The normalized spacial score (nSPS) is 10.8. The highest BCUT2D eigenvalue weighted by Gasteiger charge is 2.24. The number of rotatable bonds is 6. The lowest BCUT2D eigenvalue weighted by atomic mass is 10.1. The van der Waals surface area contributed by atoms with Gasteiger partial charge < -0.3 is 9.15 Å². The Bertz CT molecular complexity index is 1140. The first kappa shape index (κ1) is 17.7. The van der Waals surface area contributed by atoms with Gasteiger partial charge >= 0.3 is 0 Å². The highest BCUT2D eigenvalue weighted by atomic mass is 16.5. The van der Waals surface area contributed by atoms with Gasteiger partial charge in [0.2, 0.25) is 11.5 Å². The summed E-state index contributed by atoms with van der Waals surface area (Å²) >= 11 is 0. The van der Waals surface area contributed by atoms with Crippen molar-refractivity contribution in [2.75, 3.05) is 6.61 Å². The van der Waals surface area contributed by atoms with Crippen LogP contribution in [0.1, 0.15) is 32.0 Å². The van der Waals surface area contributed by atoms with E-state index in [1.807, 2.05) is 43.3 Å². The lowest BCUT2D eigenvalue weighted by molar-refractivity contribution is 0.0912. The second kappa shape index (κ2) is 7.53. The van der Waals surface area contributed by atoms with Crippen LogP contribution in [0.15, 0.2) is 83.3 Å². The van der Waals surface area contributed by atoms with Crippen molar-refractivity contribution in [1.82, 2.24) is 0 Å². The van der Waals surface area contributed by atoms with Gasteiger partial charge in [-0.2, -0.15) is 0 Å². The van der Waals surface area contributed by atoms with E-state index in [2.05, 4.69) is 0 Å². The average molecular weight is 370 g/mol. The SMILES string of the molecule is Cc1ccc(C(=O)COc2c(C(=O)c3ccccc3)oc3ccccc23)cc1. The van der Waals surface area contributed by atoms with Crippen LogP contribution < -0.4 is 4.74 Å². The van der Waals surface area contributed by atoms with Gasteiger partial charge in [-0.15, -0.1) is 0 Å². The van der Waals surface area contributed by atoms with E-state index in [0.29, 0.717) is 27.8 Å². The van der Waals surface area contributed by atoms with Gasteiger partial charge in [-0.05, 0) is 19.1 Å². The van der Waals surface area contributed by atoms with Crippen molar-refractivity contribution < 1.29 is 18.7 Å². The van der Waals surface area contributed by atoms with Gasteiger partial charge in [-0.3, -0.25) is 9.59 Å². The minimum atomic E-state index is -0.283. The molecule has 0 radical (unpaired) electrons. The molecule has 4 heteroatoms. The lowest BCUT2D eigenvalue weighted by Crippen LogP contribution is -2.13. The largest absolute Gasteiger partial charge is 0.481 e. The summed E-state index contributed by atoms with van der Waals surface area (Å²) in [6, 6.07) is 23.4. The van der Waals surface area contributed by atoms with E-state index in [1.165, 1.54) is 0 Å². The summed E-state index contributed by atoms with van der Waals surface area (Å²) in [6.07, 6.45) is 0. The minimum absolute atomic E-state index is 0.101. The third-order valence-electron chi connectivity index (χ3n) is 4.51. The summed E-state index contributed by atoms with van der Waals surface area (Å²) in [6.45, 7) is 1.78.